The highest BCUT2D eigenvalue weighted by atomic mass is 16.6. The first-order valence-corrected chi connectivity index (χ1v) is 7.69. The average molecular weight is 306 g/mol. The summed E-state index contributed by atoms with van der Waals surface area (Å²) in [5.74, 6) is 0.834. The third-order valence-corrected chi connectivity index (χ3v) is 3.81. The zero-order valence-electron chi connectivity index (χ0n) is 13.9. The van der Waals surface area contributed by atoms with Gasteiger partial charge in [0.25, 0.3) is 0 Å². The third-order valence-electron chi connectivity index (χ3n) is 3.81. The molecule has 0 aliphatic carbocycles. The second-order valence-electron chi connectivity index (χ2n) is 6.73. The molecular weight excluding hydrogens is 280 g/mol. The lowest BCUT2D eigenvalue weighted by atomic mass is 10.0. The number of hydrogen-bond donors (Lipinski definition) is 1. The van der Waals surface area contributed by atoms with E-state index in [0.717, 1.165) is 31.7 Å². The van der Waals surface area contributed by atoms with Crippen LogP contribution in [0.1, 0.15) is 33.6 Å². The van der Waals surface area contributed by atoms with Crippen molar-refractivity contribution in [3.63, 3.8) is 0 Å². The van der Waals surface area contributed by atoms with Crippen LogP contribution in [0.4, 0.5) is 16.3 Å². The molecule has 0 spiro atoms. The molecule has 0 unspecified atom stereocenters. The molecule has 2 rings (SSSR count). The zero-order chi connectivity index (χ0) is 16.3. The molecule has 1 aliphatic heterocycles. The van der Waals surface area contributed by atoms with Gasteiger partial charge in [0.1, 0.15) is 5.60 Å². The highest BCUT2D eigenvalue weighted by Gasteiger charge is 2.29. The van der Waals surface area contributed by atoms with Gasteiger partial charge in [0, 0.05) is 32.4 Å². The van der Waals surface area contributed by atoms with Crippen molar-refractivity contribution in [1.82, 2.24) is 9.88 Å². The molecule has 122 valence electrons. The van der Waals surface area contributed by atoms with Gasteiger partial charge in [-0.25, -0.2) is 9.78 Å². The Morgan fingerprint density at radius 2 is 2.05 bits per heavy atom. The molecule has 2 heterocycles. The van der Waals surface area contributed by atoms with Crippen molar-refractivity contribution in [3.05, 3.63) is 18.3 Å². The monoisotopic (exact) mass is 306 g/mol. The van der Waals surface area contributed by atoms with Gasteiger partial charge in [-0.15, -0.1) is 0 Å². The summed E-state index contributed by atoms with van der Waals surface area (Å²) in [4.78, 5) is 20.4. The van der Waals surface area contributed by atoms with E-state index in [-0.39, 0.29) is 12.1 Å². The molecule has 1 aromatic rings. The third kappa shape index (κ3) is 4.02. The van der Waals surface area contributed by atoms with Crippen molar-refractivity contribution in [2.75, 3.05) is 30.8 Å². The first kappa shape index (κ1) is 16.4. The topological polar surface area (TPSA) is 71.7 Å². The van der Waals surface area contributed by atoms with E-state index in [4.69, 9.17) is 10.5 Å². The molecular formula is C16H26N4O2. The summed E-state index contributed by atoms with van der Waals surface area (Å²) in [6.07, 6.45) is 3.26. The van der Waals surface area contributed by atoms with Gasteiger partial charge in [-0.3, -0.25) is 0 Å². The molecule has 1 saturated heterocycles. The van der Waals surface area contributed by atoms with E-state index in [9.17, 15) is 4.79 Å². The normalized spacial score (nSPS) is 16.5. The first-order valence-electron chi connectivity index (χ1n) is 7.69. The van der Waals surface area contributed by atoms with E-state index < -0.39 is 5.60 Å². The van der Waals surface area contributed by atoms with E-state index in [1.807, 2.05) is 40.0 Å². The maximum absolute atomic E-state index is 12.1. The molecule has 1 amide bonds. The summed E-state index contributed by atoms with van der Waals surface area (Å²) in [6.45, 7) is 7.31. The Morgan fingerprint density at radius 1 is 1.41 bits per heavy atom. The lowest BCUT2D eigenvalue weighted by Crippen LogP contribution is -2.47. The minimum absolute atomic E-state index is 0.191. The van der Waals surface area contributed by atoms with Crippen LogP contribution < -0.4 is 10.6 Å². The van der Waals surface area contributed by atoms with Crippen LogP contribution in [-0.2, 0) is 4.74 Å². The fourth-order valence-corrected chi connectivity index (χ4v) is 2.62. The summed E-state index contributed by atoms with van der Waals surface area (Å²) in [7, 11) is 1.81. The van der Waals surface area contributed by atoms with Gasteiger partial charge >= 0.3 is 6.09 Å². The van der Waals surface area contributed by atoms with Crippen molar-refractivity contribution in [1.29, 1.82) is 0 Å². The van der Waals surface area contributed by atoms with Crippen LogP contribution in [0, 0.1) is 0 Å². The number of piperidine rings is 1. The predicted molar refractivity (Wildman–Crippen MR) is 87.9 cm³/mol. The van der Waals surface area contributed by atoms with Crippen LogP contribution >= 0.6 is 0 Å². The van der Waals surface area contributed by atoms with Gasteiger partial charge in [-0.2, -0.15) is 0 Å². The van der Waals surface area contributed by atoms with Crippen LogP contribution in [0.5, 0.6) is 0 Å². The maximum atomic E-state index is 12.1. The Hall–Kier alpha value is -1.98. The number of nitrogens with zero attached hydrogens (tertiary/aromatic N) is 3. The van der Waals surface area contributed by atoms with Gasteiger partial charge < -0.3 is 20.3 Å². The Balaban J connectivity index is 1.92. The highest BCUT2D eigenvalue weighted by molar-refractivity contribution is 5.68. The van der Waals surface area contributed by atoms with Crippen molar-refractivity contribution >= 4 is 17.6 Å². The Kier molecular flexibility index (Phi) is 4.78. The van der Waals surface area contributed by atoms with Gasteiger partial charge in [-0.1, -0.05) is 0 Å². The molecule has 0 bridgehead atoms. The fraction of sp³-hybridized carbons (Fsp3) is 0.625. The second kappa shape index (κ2) is 6.42. The number of carbonyl (C=O) groups is 1. The number of rotatable bonds is 2. The van der Waals surface area contributed by atoms with Gasteiger partial charge in [0.15, 0.2) is 5.82 Å². The Bertz CT molecular complexity index is 519. The van der Waals surface area contributed by atoms with Crippen molar-refractivity contribution in [2.45, 2.75) is 45.3 Å². The van der Waals surface area contributed by atoms with E-state index in [1.54, 1.807) is 11.1 Å². The van der Waals surface area contributed by atoms with E-state index in [0.29, 0.717) is 5.69 Å². The van der Waals surface area contributed by atoms with Crippen LogP contribution in [0.15, 0.2) is 18.3 Å². The molecule has 6 nitrogen and oxygen atoms in total. The fourth-order valence-electron chi connectivity index (χ4n) is 2.62. The van der Waals surface area contributed by atoms with Crippen LogP contribution in [-0.4, -0.2) is 47.8 Å². The number of anilines is 2. The SMILES string of the molecule is CN(C(=O)OC(C)(C)C)C1CCN(c2ncccc2N)CC1. The van der Waals surface area contributed by atoms with Gasteiger partial charge in [-0.05, 0) is 45.7 Å². The number of ether oxygens (including phenoxy) is 1. The largest absolute Gasteiger partial charge is 0.444 e. The summed E-state index contributed by atoms with van der Waals surface area (Å²) in [6, 6.07) is 3.89. The van der Waals surface area contributed by atoms with Crippen LogP contribution in [0.2, 0.25) is 0 Å². The predicted octanol–water partition coefficient (Wildman–Crippen LogP) is 2.50. The second-order valence-corrected chi connectivity index (χ2v) is 6.73. The lowest BCUT2D eigenvalue weighted by molar-refractivity contribution is 0.0201. The van der Waals surface area contributed by atoms with Crippen LogP contribution in [0.25, 0.3) is 0 Å². The number of hydrogen-bond acceptors (Lipinski definition) is 5. The number of nitrogen functional groups attached to an aromatic ring is 1. The average Bonchev–Trinajstić information content (AvgIpc) is 2.45. The first-order chi connectivity index (χ1) is 10.3. The summed E-state index contributed by atoms with van der Waals surface area (Å²) in [5, 5.41) is 0. The van der Waals surface area contributed by atoms with Crippen molar-refractivity contribution in [2.24, 2.45) is 0 Å². The molecule has 0 atom stereocenters. The molecule has 0 radical (unpaired) electrons. The molecule has 0 aromatic carbocycles. The molecule has 1 aliphatic rings. The number of carbonyl (C=O) groups excluding carboxylic acids is 1. The zero-order valence-corrected chi connectivity index (χ0v) is 13.9. The number of nitrogens with two attached hydrogens (primary N) is 1. The molecule has 0 saturated carbocycles. The molecule has 1 aromatic heterocycles. The van der Waals surface area contributed by atoms with E-state index in [1.165, 1.54) is 0 Å². The maximum Gasteiger partial charge on any atom is 0.410 e. The summed E-state index contributed by atoms with van der Waals surface area (Å²) in [5.41, 5.74) is 6.21. The van der Waals surface area contributed by atoms with Crippen molar-refractivity contribution < 1.29 is 9.53 Å². The minimum Gasteiger partial charge on any atom is -0.444 e. The summed E-state index contributed by atoms with van der Waals surface area (Å²) < 4.78 is 5.42. The minimum atomic E-state index is -0.464. The van der Waals surface area contributed by atoms with Gasteiger partial charge in [0.05, 0.1) is 5.69 Å². The van der Waals surface area contributed by atoms with Crippen LogP contribution in [0.3, 0.4) is 0 Å². The molecule has 22 heavy (non-hydrogen) atoms. The molecule has 2 N–H and O–H groups in total. The smallest absolute Gasteiger partial charge is 0.410 e. The van der Waals surface area contributed by atoms with E-state index in [2.05, 4.69) is 9.88 Å². The van der Waals surface area contributed by atoms with Gasteiger partial charge in [0.2, 0.25) is 0 Å². The summed E-state index contributed by atoms with van der Waals surface area (Å²) >= 11 is 0. The lowest BCUT2D eigenvalue weighted by Gasteiger charge is -2.38. The Morgan fingerprint density at radius 3 is 2.59 bits per heavy atom. The number of aromatic nitrogens is 1. The Labute approximate surface area is 132 Å². The standard InChI is InChI=1S/C16H26N4O2/c1-16(2,3)22-15(21)19(4)12-7-10-20(11-8-12)14-13(17)6-5-9-18-14/h5-6,9,12H,7-8,10-11,17H2,1-4H3. The quantitative estimate of drug-likeness (QED) is 0.909. The molecule has 1 fully saturated rings. The number of amides is 1. The highest BCUT2D eigenvalue weighted by Crippen LogP contribution is 2.25. The molecule has 6 heteroatoms. The van der Waals surface area contributed by atoms with E-state index >= 15 is 0 Å². The van der Waals surface area contributed by atoms with Crippen molar-refractivity contribution in [3.8, 4) is 0 Å². The number of pyridine rings is 1.